The number of anilines is 3. The van der Waals surface area contributed by atoms with Crippen LogP contribution in [0.15, 0.2) is 212 Å². The van der Waals surface area contributed by atoms with Crippen molar-refractivity contribution < 1.29 is 0 Å². The minimum absolute atomic E-state index is 0.562. The molecule has 56 heavy (non-hydrogen) atoms. The predicted octanol–water partition coefficient (Wildman–Crippen LogP) is 13.1. The summed E-state index contributed by atoms with van der Waals surface area (Å²) in [6.45, 7) is 0. The van der Waals surface area contributed by atoms with Crippen LogP contribution in [0.5, 0.6) is 0 Å². The molecule has 0 bridgehead atoms. The molecule has 0 N–H and O–H groups in total. The first-order valence-corrected chi connectivity index (χ1v) is 18.8. The normalized spacial score (nSPS) is 11.2. The molecule has 10 aromatic rings. The van der Waals surface area contributed by atoms with Crippen molar-refractivity contribution in [3.05, 3.63) is 212 Å². The van der Waals surface area contributed by atoms with Gasteiger partial charge in [0.05, 0.1) is 16.7 Å². The second-order valence-corrected chi connectivity index (χ2v) is 13.7. The molecule has 0 fully saturated rings. The first-order valence-electron chi connectivity index (χ1n) is 18.8. The second kappa shape index (κ2) is 14.3. The van der Waals surface area contributed by atoms with Gasteiger partial charge in [-0.2, -0.15) is 9.97 Å². The van der Waals surface area contributed by atoms with Crippen LogP contribution in [-0.4, -0.2) is 19.5 Å². The van der Waals surface area contributed by atoms with Gasteiger partial charge < -0.3 is 4.90 Å². The fraction of sp³-hybridized carbons (Fsp3) is 0. The summed E-state index contributed by atoms with van der Waals surface area (Å²) in [6.07, 6.45) is 0. The Balaban J connectivity index is 1.20. The molecule has 0 amide bonds. The van der Waals surface area contributed by atoms with E-state index in [0.29, 0.717) is 17.6 Å². The first kappa shape index (κ1) is 33.0. The molecular weight excluding hydrogens is 683 g/mol. The van der Waals surface area contributed by atoms with E-state index < -0.39 is 0 Å². The van der Waals surface area contributed by atoms with E-state index in [1.165, 1.54) is 22.3 Å². The Morgan fingerprint density at radius 3 is 1.23 bits per heavy atom. The van der Waals surface area contributed by atoms with Crippen LogP contribution in [0.25, 0.3) is 72.8 Å². The zero-order valence-corrected chi connectivity index (χ0v) is 30.4. The topological polar surface area (TPSA) is 46.8 Å². The maximum Gasteiger partial charge on any atom is 0.238 e. The summed E-state index contributed by atoms with van der Waals surface area (Å²) in [5, 5.41) is 2.21. The zero-order chi connectivity index (χ0) is 37.3. The number of nitrogens with zero attached hydrogens (tertiary/aromatic N) is 5. The van der Waals surface area contributed by atoms with Gasteiger partial charge in [0.15, 0.2) is 11.6 Å². The zero-order valence-electron chi connectivity index (χ0n) is 30.4. The van der Waals surface area contributed by atoms with Crippen LogP contribution in [-0.2, 0) is 0 Å². The van der Waals surface area contributed by atoms with Gasteiger partial charge in [0.2, 0.25) is 5.95 Å². The summed E-state index contributed by atoms with van der Waals surface area (Å²) in [5.74, 6) is 1.80. The fourth-order valence-corrected chi connectivity index (χ4v) is 7.59. The molecule has 5 nitrogen and oxygen atoms in total. The summed E-state index contributed by atoms with van der Waals surface area (Å²) in [4.78, 5) is 17.7. The van der Waals surface area contributed by atoms with Gasteiger partial charge in [0, 0.05) is 33.3 Å². The van der Waals surface area contributed by atoms with Crippen LogP contribution >= 0.6 is 0 Å². The smallest absolute Gasteiger partial charge is 0.238 e. The van der Waals surface area contributed by atoms with E-state index in [-0.39, 0.29) is 0 Å². The van der Waals surface area contributed by atoms with E-state index in [2.05, 4.69) is 161 Å². The molecule has 0 saturated carbocycles. The molecule has 10 rings (SSSR count). The Bertz CT molecular complexity index is 2780. The number of hydrogen-bond acceptors (Lipinski definition) is 4. The van der Waals surface area contributed by atoms with Crippen molar-refractivity contribution in [1.82, 2.24) is 19.5 Å². The summed E-state index contributed by atoms with van der Waals surface area (Å²) in [7, 11) is 0. The number of fused-ring (bicyclic) bond motifs is 3. The Hall–Kier alpha value is -7.63. The minimum Gasteiger partial charge on any atom is -0.310 e. The quantitative estimate of drug-likeness (QED) is 0.157. The van der Waals surface area contributed by atoms with Crippen molar-refractivity contribution in [2.24, 2.45) is 0 Å². The molecule has 0 aliphatic carbocycles. The maximum atomic E-state index is 5.17. The van der Waals surface area contributed by atoms with E-state index in [4.69, 9.17) is 15.0 Å². The van der Waals surface area contributed by atoms with Gasteiger partial charge in [-0.05, 0) is 64.7 Å². The number of para-hydroxylation sites is 1. The maximum absolute atomic E-state index is 5.17. The Labute approximate surface area is 325 Å². The van der Waals surface area contributed by atoms with Crippen LogP contribution < -0.4 is 4.90 Å². The van der Waals surface area contributed by atoms with Gasteiger partial charge in [0.25, 0.3) is 0 Å². The third-order valence-corrected chi connectivity index (χ3v) is 10.3. The van der Waals surface area contributed by atoms with E-state index in [1.807, 2.05) is 60.7 Å². The third kappa shape index (κ3) is 6.07. The monoisotopic (exact) mass is 717 g/mol. The molecule has 0 radical (unpaired) electrons. The standard InChI is InChI=1S/C51H35N5/c1-5-16-36(17-6-1)38-28-32-42(33-29-38)55(43-34-30-39(31-35-43)37-18-7-2-8-19-37)46-26-15-27-47-48(46)44-24-13-14-25-45(44)56(47)51-53-49(40-20-9-3-10-21-40)52-50(54-51)41-22-11-4-12-23-41/h1-35H. The van der Waals surface area contributed by atoms with Crippen LogP contribution in [0, 0.1) is 0 Å². The summed E-state index contributed by atoms with van der Waals surface area (Å²) >= 11 is 0. The lowest BCUT2D eigenvalue weighted by Gasteiger charge is -2.27. The second-order valence-electron chi connectivity index (χ2n) is 13.7. The molecule has 5 heteroatoms. The van der Waals surface area contributed by atoms with Gasteiger partial charge in [-0.25, -0.2) is 4.98 Å². The largest absolute Gasteiger partial charge is 0.310 e. The summed E-state index contributed by atoms with van der Waals surface area (Å²) < 4.78 is 2.18. The van der Waals surface area contributed by atoms with Gasteiger partial charge in [0.1, 0.15) is 0 Å². The fourth-order valence-electron chi connectivity index (χ4n) is 7.59. The average molecular weight is 718 g/mol. The highest BCUT2D eigenvalue weighted by atomic mass is 15.2. The summed E-state index contributed by atoms with van der Waals surface area (Å²) in [5.41, 5.74) is 11.7. The predicted molar refractivity (Wildman–Crippen MR) is 231 cm³/mol. The molecule has 0 atom stereocenters. The lowest BCUT2D eigenvalue weighted by atomic mass is 10.0. The molecule has 264 valence electrons. The minimum atomic E-state index is 0.562. The van der Waals surface area contributed by atoms with Crippen molar-refractivity contribution >= 4 is 38.9 Å². The van der Waals surface area contributed by atoms with E-state index in [1.54, 1.807) is 0 Å². The van der Waals surface area contributed by atoms with Crippen molar-refractivity contribution in [3.8, 4) is 51.0 Å². The number of hydrogen-bond donors (Lipinski definition) is 0. The Morgan fingerprint density at radius 2 is 0.732 bits per heavy atom. The lowest BCUT2D eigenvalue weighted by molar-refractivity contribution is 0.953. The van der Waals surface area contributed by atoms with Crippen molar-refractivity contribution in [1.29, 1.82) is 0 Å². The molecule has 2 aromatic heterocycles. The highest BCUT2D eigenvalue weighted by molar-refractivity contribution is 6.16. The highest BCUT2D eigenvalue weighted by Gasteiger charge is 2.23. The van der Waals surface area contributed by atoms with E-state index in [0.717, 1.165) is 50.0 Å². The highest BCUT2D eigenvalue weighted by Crippen LogP contribution is 2.44. The van der Waals surface area contributed by atoms with E-state index >= 15 is 0 Å². The molecule has 8 aromatic carbocycles. The molecular formula is C51H35N5. The van der Waals surface area contributed by atoms with Crippen LogP contribution in [0.3, 0.4) is 0 Å². The lowest BCUT2D eigenvalue weighted by Crippen LogP contribution is -2.10. The number of aromatic nitrogens is 4. The van der Waals surface area contributed by atoms with Gasteiger partial charge in [-0.3, -0.25) is 4.57 Å². The van der Waals surface area contributed by atoms with Gasteiger partial charge in [-0.1, -0.05) is 170 Å². The van der Waals surface area contributed by atoms with Gasteiger partial charge in [-0.15, -0.1) is 0 Å². The summed E-state index contributed by atoms with van der Waals surface area (Å²) in [6, 6.07) is 74.1. The molecule has 0 saturated heterocycles. The molecule has 0 unspecified atom stereocenters. The van der Waals surface area contributed by atoms with Gasteiger partial charge >= 0.3 is 0 Å². The van der Waals surface area contributed by atoms with Crippen molar-refractivity contribution in [2.75, 3.05) is 4.90 Å². The third-order valence-electron chi connectivity index (χ3n) is 10.3. The van der Waals surface area contributed by atoms with E-state index in [9.17, 15) is 0 Å². The van der Waals surface area contributed by atoms with Crippen molar-refractivity contribution in [3.63, 3.8) is 0 Å². The first-order chi connectivity index (χ1) is 27.8. The molecule has 0 spiro atoms. The SMILES string of the molecule is c1ccc(-c2ccc(N(c3ccc(-c4ccccc4)cc3)c3cccc4c3c3ccccc3n4-c3nc(-c4ccccc4)nc(-c4ccccc4)n3)cc2)cc1. The Kier molecular flexibility index (Phi) is 8.43. The van der Waals surface area contributed by atoms with Crippen LogP contribution in [0.1, 0.15) is 0 Å². The average Bonchev–Trinajstić information content (AvgIpc) is 3.63. The van der Waals surface area contributed by atoms with Crippen molar-refractivity contribution in [2.45, 2.75) is 0 Å². The molecule has 0 aliphatic heterocycles. The number of benzene rings is 8. The van der Waals surface area contributed by atoms with Crippen LogP contribution in [0.2, 0.25) is 0 Å². The Morgan fingerprint density at radius 1 is 0.321 bits per heavy atom. The molecule has 0 aliphatic rings. The molecule has 2 heterocycles. The van der Waals surface area contributed by atoms with Crippen LogP contribution in [0.4, 0.5) is 17.1 Å². The number of rotatable bonds is 8.